The lowest BCUT2D eigenvalue weighted by molar-refractivity contribution is 0.143. The Morgan fingerprint density at radius 1 is 1.44 bits per heavy atom. The van der Waals surface area contributed by atoms with E-state index in [1.165, 1.54) is 0 Å². The molecule has 5 nitrogen and oxygen atoms in total. The van der Waals surface area contributed by atoms with E-state index in [9.17, 15) is 0 Å². The third-order valence-electron chi connectivity index (χ3n) is 2.36. The minimum Gasteiger partial charge on any atom is -0.382 e. The van der Waals surface area contributed by atoms with Gasteiger partial charge in [0.2, 0.25) is 5.89 Å². The number of hydrogen-bond acceptors (Lipinski definition) is 5. The number of aryl methyl sites for hydroxylation is 1. The second kappa shape index (κ2) is 7.35. The monoisotopic (exact) mass is 227 g/mol. The molecule has 0 saturated heterocycles. The van der Waals surface area contributed by atoms with Crippen LogP contribution in [0.3, 0.4) is 0 Å². The van der Waals surface area contributed by atoms with Crippen LogP contribution in [0.4, 0.5) is 0 Å². The molecule has 1 aromatic rings. The highest BCUT2D eigenvalue weighted by Gasteiger charge is 2.09. The molecule has 0 aliphatic rings. The van der Waals surface area contributed by atoms with Crippen molar-refractivity contribution in [1.82, 2.24) is 10.1 Å². The first-order valence-electron chi connectivity index (χ1n) is 5.91. The molecule has 0 fully saturated rings. The van der Waals surface area contributed by atoms with E-state index in [4.69, 9.17) is 15.0 Å². The maximum absolute atomic E-state index is 5.81. The molecule has 0 bridgehead atoms. The number of rotatable bonds is 8. The Bertz CT molecular complexity index is 289. The highest BCUT2D eigenvalue weighted by atomic mass is 16.5. The Balaban J connectivity index is 2.28. The van der Waals surface area contributed by atoms with Crippen LogP contribution in [0.25, 0.3) is 0 Å². The maximum Gasteiger partial charge on any atom is 0.226 e. The molecule has 0 aliphatic heterocycles. The molecule has 0 aromatic carbocycles. The number of hydrogen-bond donors (Lipinski definition) is 1. The molecule has 1 atom stereocenters. The fourth-order valence-corrected chi connectivity index (χ4v) is 1.32. The summed E-state index contributed by atoms with van der Waals surface area (Å²) in [5.74, 6) is 1.39. The van der Waals surface area contributed by atoms with Gasteiger partial charge in [0.05, 0.1) is 0 Å². The van der Waals surface area contributed by atoms with Crippen LogP contribution in [-0.4, -0.2) is 29.4 Å². The third kappa shape index (κ3) is 4.72. The predicted molar refractivity (Wildman–Crippen MR) is 61.1 cm³/mol. The van der Waals surface area contributed by atoms with Gasteiger partial charge >= 0.3 is 0 Å². The first-order valence-corrected chi connectivity index (χ1v) is 5.91. The van der Waals surface area contributed by atoms with E-state index < -0.39 is 0 Å². The molecule has 0 aliphatic carbocycles. The summed E-state index contributed by atoms with van der Waals surface area (Å²) in [4.78, 5) is 4.28. The van der Waals surface area contributed by atoms with Crippen LogP contribution in [-0.2, 0) is 17.6 Å². The minimum absolute atomic E-state index is 0.119. The summed E-state index contributed by atoms with van der Waals surface area (Å²) in [6.45, 7) is 5.52. The second-order valence-electron chi connectivity index (χ2n) is 3.78. The van der Waals surface area contributed by atoms with Gasteiger partial charge in [0.15, 0.2) is 5.82 Å². The zero-order valence-electron chi connectivity index (χ0n) is 10.1. The summed E-state index contributed by atoms with van der Waals surface area (Å²) in [5.41, 5.74) is 5.81. The van der Waals surface area contributed by atoms with Crippen molar-refractivity contribution >= 4 is 0 Å². The minimum atomic E-state index is 0.119. The lowest BCUT2D eigenvalue weighted by Crippen LogP contribution is -2.22. The van der Waals surface area contributed by atoms with E-state index in [0.29, 0.717) is 18.1 Å². The van der Waals surface area contributed by atoms with Crippen LogP contribution in [0.15, 0.2) is 4.52 Å². The zero-order valence-corrected chi connectivity index (χ0v) is 10.1. The normalized spacial score (nSPS) is 12.9. The molecule has 1 rings (SSSR count). The van der Waals surface area contributed by atoms with E-state index in [0.717, 1.165) is 32.5 Å². The van der Waals surface area contributed by atoms with Crippen molar-refractivity contribution in [2.24, 2.45) is 5.73 Å². The van der Waals surface area contributed by atoms with Crippen molar-refractivity contribution in [3.63, 3.8) is 0 Å². The Labute approximate surface area is 96.4 Å². The molecule has 0 radical (unpaired) electrons. The summed E-state index contributed by atoms with van der Waals surface area (Å²) in [6, 6.07) is 0.119. The summed E-state index contributed by atoms with van der Waals surface area (Å²) >= 11 is 0. The van der Waals surface area contributed by atoms with Gasteiger partial charge in [0.1, 0.15) is 0 Å². The smallest absolute Gasteiger partial charge is 0.226 e. The number of nitrogens with two attached hydrogens (primary N) is 1. The van der Waals surface area contributed by atoms with Gasteiger partial charge in [0, 0.05) is 32.1 Å². The summed E-state index contributed by atoms with van der Waals surface area (Å²) in [6.07, 6.45) is 3.29. The molecule has 1 aromatic heterocycles. The second-order valence-corrected chi connectivity index (χ2v) is 3.78. The van der Waals surface area contributed by atoms with Crippen LogP contribution in [0.2, 0.25) is 0 Å². The lowest BCUT2D eigenvalue weighted by atomic mass is 10.2. The van der Waals surface area contributed by atoms with Gasteiger partial charge in [-0.1, -0.05) is 12.1 Å². The number of ether oxygens (including phenoxy) is 1. The van der Waals surface area contributed by atoms with E-state index in [1.807, 2.05) is 13.8 Å². The SMILES string of the molecule is CCOCCCc1nc(CC(N)CC)no1. The van der Waals surface area contributed by atoms with Gasteiger partial charge in [-0.2, -0.15) is 4.98 Å². The summed E-state index contributed by atoms with van der Waals surface area (Å²) in [7, 11) is 0. The summed E-state index contributed by atoms with van der Waals surface area (Å²) < 4.78 is 10.4. The van der Waals surface area contributed by atoms with Gasteiger partial charge in [-0.15, -0.1) is 0 Å². The molecule has 5 heteroatoms. The molecule has 0 saturated carbocycles. The molecular weight excluding hydrogens is 206 g/mol. The van der Waals surface area contributed by atoms with Gasteiger partial charge in [-0.25, -0.2) is 0 Å². The van der Waals surface area contributed by atoms with Crippen molar-refractivity contribution in [3.05, 3.63) is 11.7 Å². The van der Waals surface area contributed by atoms with E-state index >= 15 is 0 Å². The highest BCUT2D eigenvalue weighted by molar-refractivity contribution is 4.89. The van der Waals surface area contributed by atoms with Crippen molar-refractivity contribution in [2.75, 3.05) is 13.2 Å². The van der Waals surface area contributed by atoms with Crippen LogP contribution in [0, 0.1) is 0 Å². The molecular formula is C11H21N3O2. The van der Waals surface area contributed by atoms with Crippen molar-refractivity contribution in [1.29, 1.82) is 0 Å². The fourth-order valence-electron chi connectivity index (χ4n) is 1.32. The Hall–Kier alpha value is -0.940. The van der Waals surface area contributed by atoms with E-state index in [-0.39, 0.29) is 6.04 Å². The average Bonchev–Trinajstić information content (AvgIpc) is 2.72. The topological polar surface area (TPSA) is 74.2 Å². The standard InChI is InChI=1S/C11H21N3O2/c1-3-9(12)8-10-13-11(16-14-10)6-5-7-15-4-2/h9H,3-8,12H2,1-2H3. The quantitative estimate of drug-likeness (QED) is 0.678. The maximum atomic E-state index is 5.81. The fraction of sp³-hybridized carbons (Fsp3) is 0.818. The van der Waals surface area contributed by atoms with Gasteiger partial charge in [0.25, 0.3) is 0 Å². The molecule has 1 heterocycles. The predicted octanol–water partition coefficient (Wildman–Crippen LogP) is 1.32. The van der Waals surface area contributed by atoms with E-state index in [2.05, 4.69) is 10.1 Å². The molecule has 0 spiro atoms. The highest BCUT2D eigenvalue weighted by Crippen LogP contribution is 2.04. The lowest BCUT2D eigenvalue weighted by Gasteiger charge is -2.02. The Morgan fingerprint density at radius 2 is 2.25 bits per heavy atom. The van der Waals surface area contributed by atoms with Gasteiger partial charge < -0.3 is 15.0 Å². The number of aromatic nitrogens is 2. The first kappa shape index (κ1) is 13.1. The van der Waals surface area contributed by atoms with Crippen LogP contribution in [0.1, 0.15) is 38.4 Å². The van der Waals surface area contributed by atoms with Gasteiger partial charge in [-0.05, 0) is 19.8 Å². The van der Waals surface area contributed by atoms with Crippen LogP contribution < -0.4 is 5.73 Å². The molecule has 0 amide bonds. The molecule has 92 valence electrons. The number of nitrogens with zero attached hydrogens (tertiary/aromatic N) is 2. The van der Waals surface area contributed by atoms with Crippen LogP contribution >= 0.6 is 0 Å². The van der Waals surface area contributed by atoms with Crippen molar-refractivity contribution < 1.29 is 9.26 Å². The average molecular weight is 227 g/mol. The molecule has 16 heavy (non-hydrogen) atoms. The van der Waals surface area contributed by atoms with Crippen LogP contribution in [0.5, 0.6) is 0 Å². The van der Waals surface area contributed by atoms with Gasteiger partial charge in [-0.3, -0.25) is 0 Å². The van der Waals surface area contributed by atoms with E-state index in [1.54, 1.807) is 0 Å². The van der Waals surface area contributed by atoms with Crippen molar-refractivity contribution in [3.8, 4) is 0 Å². The molecule has 1 unspecified atom stereocenters. The van der Waals surface area contributed by atoms with Crippen molar-refractivity contribution in [2.45, 2.75) is 45.6 Å². The Kier molecular flexibility index (Phi) is 6.03. The zero-order chi connectivity index (χ0) is 11.8. The first-order chi connectivity index (χ1) is 7.76. The largest absolute Gasteiger partial charge is 0.382 e. The molecule has 2 N–H and O–H groups in total. The summed E-state index contributed by atoms with van der Waals surface area (Å²) in [5, 5.41) is 3.90. The third-order valence-corrected chi connectivity index (χ3v) is 2.36. The Morgan fingerprint density at radius 3 is 2.94 bits per heavy atom.